The van der Waals surface area contributed by atoms with E-state index < -0.39 is 0 Å². The molecule has 6 heteroatoms. The number of benzene rings is 6. The van der Waals surface area contributed by atoms with Crippen LogP contribution in [0.1, 0.15) is 43.2 Å². The van der Waals surface area contributed by atoms with Crippen LogP contribution in [0.3, 0.4) is 0 Å². The molecule has 61 heavy (non-hydrogen) atoms. The van der Waals surface area contributed by atoms with E-state index in [2.05, 4.69) is 109 Å². The topological polar surface area (TPSA) is 77.3 Å². The second-order valence-corrected chi connectivity index (χ2v) is 16.2. The van der Waals surface area contributed by atoms with Gasteiger partial charge in [0.25, 0.3) is 0 Å². The van der Waals surface area contributed by atoms with E-state index in [0.717, 1.165) is 44.5 Å². The van der Waals surface area contributed by atoms with E-state index >= 15 is 0 Å². The maximum atomic E-state index is 5.28. The maximum Gasteiger partial charge on any atom is 0.164 e. The van der Waals surface area contributed by atoms with Gasteiger partial charge in [0.2, 0.25) is 0 Å². The van der Waals surface area contributed by atoms with Crippen LogP contribution in [0.15, 0.2) is 188 Å². The van der Waals surface area contributed by atoms with Crippen LogP contribution in [-0.2, 0) is 5.41 Å². The molecule has 2 heterocycles. The van der Waals surface area contributed by atoms with Crippen LogP contribution in [0.25, 0.3) is 85.0 Å². The van der Waals surface area contributed by atoms with Crippen molar-refractivity contribution in [1.82, 2.24) is 29.9 Å². The van der Waals surface area contributed by atoms with Crippen molar-refractivity contribution in [2.75, 3.05) is 0 Å². The van der Waals surface area contributed by atoms with E-state index in [1.807, 2.05) is 78.9 Å². The summed E-state index contributed by atoms with van der Waals surface area (Å²) < 4.78 is 0. The number of hydrogen-bond donors (Lipinski definition) is 0. The lowest BCUT2D eigenvalue weighted by atomic mass is 9.57. The Labute approximate surface area is 356 Å². The van der Waals surface area contributed by atoms with E-state index in [4.69, 9.17) is 29.9 Å². The molecule has 3 aliphatic rings. The van der Waals surface area contributed by atoms with E-state index in [0.29, 0.717) is 40.9 Å². The minimum Gasteiger partial charge on any atom is -0.208 e. The van der Waals surface area contributed by atoms with Crippen LogP contribution in [0.2, 0.25) is 0 Å². The van der Waals surface area contributed by atoms with E-state index in [9.17, 15) is 0 Å². The molecule has 292 valence electrons. The second-order valence-electron chi connectivity index (χ2n) is 16.2. The van der Waals surface area contributed by atoms with Crippen LogP contribution >= 0.6 is 0 Å². The lowest BCUT2D eigenvalue weighted by Gasteiger charge is -2.46. The molecule has 3 aliphatic carbocycles. The molecule has 2 bridgehead atoms. The molecule has 0 aliphatic heterocycles. The van der Waals surface area contributed by atoms with Gasteiger partial charge >= 0.3 is 0 Å². The lowest BCUT2D eigenvalue weighted by molar-refractivity contribution is 0.249. The van der Waals surface area contributed by atoms with Crippen molar-refractivity contribution in [3.63, 3.8) is 0 Å². The van der Waals surface area contributed by atoms with Crippen molar-refractivity contribution in [3.05, 3.63) is 199 Å². The van der Waals surface area contributed by atoms with Crippen molar-refractivity contribution in [1.29, 1.82) is 0 Å². The van der Waals surface area contributed by atoms with Gasteiger partial charge in [-0.2, -0.15) is 0 Å². The number of rotatable bonds is 7. The van der Waals surface area contributed by atoms with Gasteiger partial charge in [-0.25, -0.2) is 29.9 Å². The summed E-state index contributed by atoms with van der Waals surface area (Å²) in [6.45, 7) is 0. The molecule has 0 radical (unpaired) electrons. The smallest absolute Gasteiger partial charge is 0.164 e. The number of nitrogens with zero attached hydrogens (tertiary/aromatic N) is 6. The molecule has 1 fully saturated rings. The van der Waals surface area contributed by atoms with Crippen LogP contribution in [0.4, 0.5) is 0 Å². The molecule has 0 saturated heterocycles. The number of hydrogen-bond acceptors (Lipinski definition) is 6. The summed E-state index contributed by atoms with van der Waals surface area (Å²) in [5.41, 5.74) is 11.9. The Bertz CT molecular complexity index is 2930. The molecule has 0 amide bonds. The third kappa shape index (κ3) is 6.90. The summed E-state index contributed by atoms with van der Waals surface area (Å²) in [7, 11) is 0. The number of fused-ring (bicyclic) bond motifs is 5. The summed E-state index contributed by atoms with van der Waals surface area (Å²) in [4.78, 5) is 30.4. The highest BCUT2D eigenvalue weighted by molar-refractivity contribution is 5.89. The average Bonchev–Trinajstić information content (AvgIpc) is 3.59. The molecule has 2 aromatic heterocycles. The van der Waals surface area contributed by atoms with Crippen molar-refractivity contribution in [2.24, 2.45) is 5.92 Å². The third-order valence-corrected chi connectivity index (χ3v) is 12.5. The SMILES string of the molecule is C1=CC2=CC(C=C1)C1(CCCCC1)c1cccc(-c3nc(-c4ccccc4)nc(-c4ccc(-c5cccc(-c6nc(-c7ccccc7)nc(-c7ccccc7)n6)c5)cc4)n3)c12. The summed E-state index contributed by atoms with van der Waals surface area (Å²) >= 11 is 0. The van der Waals surface area contributed by atoms with Crippen molar-refractivity contribution in [2.45, 2.75) is 37.5 Å². The van der Waals surface area contributed by atoms with Gasteiger partial charge in [0, 0.05) is 44.7 Å². The highest BCUT2D eigenvalue weighted by Crippen LogP contribution is 2.54. The Morgan fingerprint density at radius 2 is 0.869 bits per heavy atom. The fourth-order valence-electron chi connectivity index (χ4n) is 9.52. The molecule has 6 aromatic carbocycles. The molecular weight excluding hydrogens is 745 g/mol. The minimum atomic E-state index is 0.0821. The predicted octanol–water partition coefficient (Wildman–Crippen LogP) is 13.1. The Morgan fingerprint density at radius 3 is 1.46 bits per heavy atom. The van der Waals surface area contributed by atoms with Gasteiger partial charge in [0.1, 0.15) is 0 Å². The first-order valence-electron chi connectivity index (χ1n) is 21.3. The summed E-state index contributed by atoms with van der Waals surface area (Å²) in [5, 5.41) is 0. The van der Waals surface area contributed by atoms with Crippen molar-refractivity contribution in [3.8, 4) is 79.5 Å². The molecule has 1 spiro atoms. The fraction of sp³-hybridized carbons (Fsp3) is 0.127. The predicted molar refractivity (Wildman–Crippen MR) is 246 cm³/mol. The van der Waals surface area contributed by atoms with Crippen LogP contribution in [0.5, 0.6) is 0 Å². The molecule has 1 unspecified atom stereocenters. The minimum absolute atomic E-state index is 0.0821. The van der Waals surface area contributed by atoms with Crippen molar-refractivity contribution < 1.29 is 0 Å². The first kappa shape index (κ1) is 36.6. The summed E-state index contributed by atoms with van der Waals surface area (Å²) in [5.74, 6) is 4.27. The van der Waals surface area contributed by atoms with Crippen molar-refractivity contribution >= 4 is 5.57 Å². The fourth-order valence-corrected chi connectivity index (χ4v) is 9.52. The van der Waals surface area contributed by atoms with Gasteiger partial charge < -0.3 is 0 Å². The number of aromatic nitrogens is 6. The van der Waals surface area contributed by atoms with Gasteiger partial charge in [-0.3, -0.25) is 0 Å². The monoisotopic (exact) mass is 786 g/mol. The zero-order valence-electron chi connectivity index (χ0n) is 33.7. The second kappa shape index (κ2) is 15.6. The molecule has 6 nitrogen and oxygen atoms in total. The molecule has 1 saturated carbocycles. The van der Waals surface area contributed by atoms with E-state index in [-0.39, 0.29) is 5.41 Å². The Morgan fingerprint density at radius 1 is 0.393 bits per heavy atom. The molecular formula is C55H42N6. The Balaban J connectivity index is 0.983. The lowest BCUT2D eigenvalue weighted by Crippen LogP contribution is -2.38. The Kier molecular flexibility index (Phi) is 9.38. The standard InChI is InChI=1S/C55H42N6/c1-5-17-38(18-6-1)49-56-50(39-19-7-2-8-20-39)59-53(58-49)44-25-15-24-42(35-44)37-29-31-41(32-30-37)52-57-51(40-21-9-3-10-22-40)60-54(61-52)46-27-16-28-47-48(46)43-23-11-12-26-45(36-43)55(47)33-13-4-14-34-55/h1-3,5-12,15-32,35-36,45H,4,13-14,33-34H2. The molecule has 1 atom stereocenters. The maximum absolute atomic E-state index is 5.28. The molecule has 8 aromatic rings. The van der Waals surface area contributed by atoms with Gasteiger partial charge in [-0.1, -0.05) is 201 Å². The average molecular weight is 787 g/mol. The molecule has 0 N–H and O–H groups in total. The summed E-state index contributed by atoms with van der Waals surface area (Å²) in [6, 6.07) is 54.1. The zero-order valence-corrected chi connectivity index (χ0v) is 33.7. The first-order chi connectivity index (χ1) is 30.2. The van der Waals surface area contributed by atoms with Gasteiger partial charge in [0.05, 0.1) is 0 Å². The Hall–Kier alpha value is -7.44. The van der Waals surface area contributed by atoms with Crippen LogP contribution in [-0.4, -0.2) is 29.9 Å². The molecule has 11 rings (SSSR count). The normalized spacial score (nSPS) is 16.1. The highest BCUT2D eigenvalue weighted by Gasteiger charge is 2.44. The van der Waals surface area contributed by atoms with Crippen LogP contribution in [0, 0.1) is 5.92 Å². The highest BCUT2D eigenvalue weighted by atomic mass is 15.0. The largest absolute Gasteiger partial charge is 0.208 e. The first-order valence-corrected chi connectivity index (χ1v) is 21.3. The van der Waals surface area contributed by atoms with E-state index in [1.165, 1.54) is 48.8 Å². The summed E-state index contributed by atoms with van der Waals surface area (Å²) in [6.07, 6.45) is 17.8. The van der Waals surface area contributed by atoms with Gasteiger partial charge in [-0.05, 0) is 46.7 Å². The quantitative estimate of drug-likeness (QED) is 0.160. The van der Waals surface area contributed by atoms with E-state index in [1.54, 1.807) is 0 Å². The zero-order chi connectivity index (χ0) is 40.6. The van der Waals surface area contributed by atoms with Gasteiger partial charge in [0.15, 0.2) is 34.9 Å². The van der Waals surface area contributed by atoms with Gasteiger partial charge in [-0.15, -0.1) is 0 Å². The third-order valence-electron chi connectivity index (χ3n) is 12.5. The van der Waals surface area contributed by atoms with Crippen LogP contribution < -0.4 is 0 Å². The number of allylic oxidation sites excluding steroid dienone is 6.